The van der Waals surface area contributed by atoms with E-state index in [1.54, 1.807) is 0 Å². The largest absolute Gasteiger partial charge is 0.393 e. The van der Waals surface area contributed by atoms with Gasteiger partial charge in [0.1, 0.15) is 0 Å². The molecule has 1 fully saturated rings. The van der Waals surface area contributed by atoms with E-state index in [2.05, 4.69) is 29.3 Å². The van der Waals surface area contributed by atoms with E-state index in [0.29, 0.717) is 5.92 Å². The fourth-order valence-corrected chi connectivity index (χ4v) is 2.79. The number of nitrogens with zero attached hydrogens (tertiary/aromatic N) is 1. The van der Waals surface area contributed by atoms with Crippen LogP contribution in [0.15, 0.2) is 18.2 Å². The first kappa shape index (κ1) is 14.6. The molecule has 0 saturated carbocycles. The lowest BCUT2D eigenvalue weighted by Crippen LogP contribution is -2.23. The number of hydrogen-bond donors (Lipinski definition) is 2. The smallest absolute Gasteiger partial charge is 0.0557 e. The minimum atomic E-state index is -0.228. The van der Waals surface area contributed by atoms with Crippen LogP contribution in [-0.4, -0.2) is 30.8 Å². The number of anilines is 1. The maximum absolute atomic E-state index is 9.65. The van der Waals surface area contributed by atoms with Gasteiger partial charge in [-0.3, -0.25) is 0 Å². The Morgan fingerprint density at radius 1 is 1.53 bits per heavy atom. The zero-order valence-corrected chi connectivity index (χ0v) is 12.5. The lowest BCUT2D eigenvalue weighted by Gasteiger charge is -2.20. The van der Waals surface area contributed by atoms with Crippen molar-refractivity contribution in [3.05, 3.63) is 28.8 Å². The minimum Gasteiger partial charge on any atom is -0.393 e. The second-order valence-corrected chi connectivity index (χ2v) is 5.70. The first-order valence-electron chi connectivity index (χ1n) is 7.04. The second-order valence-electron chi connectivity index (χ2n) is 5.29. The summed E-state index contributed by atoms with van der Waals surface area (Å²) >= 11 is 6.33. The maximum Gasteiger partial charge on any atom is 0.0557 e. The van der Waals surface area contributed by atoms with Crippen LogP contribution in [0.1, 0.15) is 25.8 Å². The zero-order chi connectivity index (χ0) is 13.8. The van der Waals surface area contributed by atoms with E-state index in [9.17, 15) is 5.11 Å². The number of rotatable bonds is 5. The summed E-state index contributed by atoms with van der Waals surface area (Å²) in [4.78, 5) is 2.31. The summed E-state index contributed by atoms with van der Waals surface area (Å²) in [5, 5.41) is 13.8. The first-order valence-corrected chi connectivity index (χ1v) is 7.41. The highest BCUT2D eigenvalue weighted by atomic mass is 35.5. The van der Waals surface area contributed by atoms with Crippen LogP contribution in [-0.2, 0) is 6.54 Å². The minimum absolute atomic E-state index is 0.228. The molecule has 1 heterocycles. The third kappa shape index (κ3) is 3.62. The van der Waals surface area contributed by atoms with Gasteiger partial charge in [0.15, 0.2) is 0 Å². The third-order valence-electron chi connectivity index (χ3n) is 3.87. The van der Waals surface area contributed by atoms with Gasteiger partial charge in [-0.2, -0.15) is 0 Å². The van der Waals surface area contributed by atoms with Crippen molar-refractivity contribution in [3.8, 4) is 0 Å². The van der Waals surface area contributed by atoms with Crippen LogP contribution in [0.5, 0.6) is 0 Å². The van der Waals surface area contributed by atoms with Crippen molar-refractivity contribution in [3.63, 3.8) is 0 Å². The molecule has 0 aromatic heterocycles. The van der Waals surface area contributed by atoms with Crippen LogP contribution in [0, 0.1) is 5.92 Å². The maximum atomic E-state index is 9.65. The zero-order valence-electron chi connectivity index (χ0n) is 11.7. The monoisotopic (exact) mass is 282 g/mol. The van der Waals surface area contributed by atoms with E-state index in [1.807, 2.05) is 13.0 Å². The number of benzene rings is 1. The number of hydrogen-bond acceptors (Lipinski definition) is 3. The van der Waals surface area contributed by atoms with E-state index in [1.165, 1.54) is 0 Å². The predicted octanol–water partition coefficient (Wildman–Crippen LogP) is 2.66. The average molecular weight is 283 g/mol. The van der Waals surface area contributed by atoms with Gasteiger partial charge in [0.05, 0.1) is 6.10 Å². The van der Waals surface area contributed by atoms with Gasteiger partial charge in [0.25, 0.3) is 0 Å². The van der Waals surface area contributed by atoms with Crippen molar-refractivity contribution < 1.29 is 5.11 Å². The standard InChI is InChI=1S/C15H23ClN2O/c1-3-17-9-12-4-5-14(8-15(12)16)18-7-6-13(10-18)11(2)19/h4-5,8,11,13,17,19H,3,6-7,9-10H2,1-2H3. The van der Waals surface area contributed by atoms with Gasteiger partial charge in [-0.25, -0.2) is 0 Å². The van der Waals surface area contributed by atoms with Gasteiger partial charge in [-0.1, -0.05) is 24.6 Å². The lowest BCUT2D eigenvalue weighted by molar-refractivity contribution is 0.136. The molecular weight excluding hydrogens is 260 g/mol. The summed E-state index contributed by atoms with van der Waals surface area (Å²) in [6, 6.07) is 6.26. The summed E-state index contributed by atoms with van der Waals surface area (Å²) in [6.45, 7) is 7.63. The fraction of sp³-hybridized carbons (Fsp3) is 0.600. The first-order chi connectivity index (χ1) is 9.11. The molecule has 3 nitrogen and oxygen atoms in total. The Morgan fingerprint density at radius 3 is 2.89 bits per heavy atom. The van der Waals surface area contributed by atoms with Crippen molar-refractivity contribution in [1.82, 2.24) is 5.32 Å². The molecular formula is C15H23ClN2O. The SMILES string of the molecule is CCNCc1ccc(N2CCC(C(C)O)C2)cc1Cl. The Balaban J connectivity index is 2.04. The molecule has 1 aromatic carbocycles. The van der Waals surface area contributed by atoms with Gasteiger partial charge >= 0.3 is 0 Å². The number of aliphatic hydroxyl groups is 1. The quantitative estimate of drug-likeness (QED) is 0.872. The number of aliphatic hydroxyl groups excluding tert-OH is 1. The summed E-state index contributed by atoms with van der Waals surface area (Å²) in [5.41, 5.74) is 2.30. The molecule has 1 saturated heterocycles. The van der Waals surface area contributed by atoms with Crippen LogP contribution in [0.2, 0.25) is 5.02 Å². The Labute approximate surface area is 120 Å². The Kier molecular flexibility index (Phi) is 5.08. The lowest BCUT2D eigenvalue weighted by atomic mass is 10.0. The van der Waals surface area contributed by atoms with E-state index < -0.39 is 0 Å². The highest BCUT2D eigenvalue weighted by Crippen LogP contribution is 2.29. The van der Waals surface area contributed by atoms with Gasteiger partial charge in [-0.15, -0.1) is 0 Å². The molecule has 0 bridgehead atoms. The molecule has 0 aliphatic carbocycles. The molecule has 1 aliphatic heterocycles. The molecule has 1 aromatic rings. The summed E-state index contributed by atoms with van der Waals surface area (Å²) in [6.07, 6.45) is 0.822. The van der Waals surface area contributed by atoms with E-state index in [-0.39, 0.29) is 6.10 Å². The molecule has 0 spiro atoms. The van der Waals surface area contributed by atoms with Crippen LogP contribution >= 0.6 is 11.6 Å². The van der Waals surface area contributed by atoms with E-state index in [0.717, 1.165) is 48.9 Å². The summed E-state index contributed by atoms with van der Waals surface area (Å²) in [5.74, 6) is 0.375. The molecule has 2 unspecified atom stereocenters. The Morgan fingerprint density at radius 2 is 2.32 bits per heavy atom. The summed E-state index contributed by atoms with van der Waals surface area (Å²) < 4.78 is 0. The van der Waals surface area contributed by atoms with Crippen molar-refractivity contribution in [2.45, 2.75) is 32.9 Å². The van der Waals surface area contributed by atoms with Gasteiger partial charge < -0.3 is 15.3 Å². The highest BCUT2D eigenvalue weighted by Gasteiger charge is 2.26. The average Bonchev–Trinajstić information content (AvgIpc) is 2.87. The topological polar surface area (TPSA) is 35.5 Å². The molecule has 2 N–H and O–H groups in total. The van der Waals surface area contributed by atoms with E-state index in [4.69, 9.17) is 11.6 Å². The van der Waals surface area contributed by atoms with Crippen molar-refractivity contribution in [1.29, 1.82) is 0 Å². The molecule has 19 heavy (non-hydrogen) atoms. The normalized spacial score (nSPS) is 20.8. The molecule has 0 radical (unpaired) electrons. The van der Waals surface area contributed by atoms with Crippen LogP contribution in [0.4, 0.5) is 5.69 Å². The number of nitrogens with one attached hydrogen (secondary N) is 1. The molecule has 2 rings (SSSR count). The van der Waals surface area contributed by atoms with Gasteiger partial charge in [0.2, 0.25) is 0 Å². The van der Waals surface area contributed by atoms with Crippen LogP contribution in [0.25, 0.3) is 0 Å². The van der Waals surface area contributed by atoms with Crippen molar-refractivity contribution >= 4 is 17.3 Å². The van der Waals surface area contributed by atoms with Crippen molar-refractivity contribution in [2.24, 2.45) is 5.92 Å². The van der Waals surface area contributed by atoms with Gasteiger partial charge in [-0.05, 0) is 37.6 Å². The Bertz CT molecular complexity index is 423. The third-order valence-corrected chi connectivity index (χ3v) is 4.23. The number of halogens is 1. The molecule has 2 atom stereocenters. The molecule has 0 amide bonds. The second kappa shape index (κ2) is 6.60. The van der Waals surface area contributed by atoms with Crippen molar-refractivity contribution in [2.75, 3.05) is 24.5 Å². The van der Waals surface area contributed by atoms with Crippen LogP contribution in [0.3, 0.4) is 0 Å². The fourth-order valence-electron chi connectivity index (χ4n) is 2.55. The molecule has 1 aliphatic rings. The van der Waals surface area contributed by atoms with E-state index >= 15 is 0 Å². The summed E-state index contributed by atoms with van der Waals surface area (Å²) in [7, 11) is 0. The Hall–Kier alpha value is -0.770. The molecule has 106 valence electrons. The highest BCUT2D eigenvalue weighted by molar-refractivity contribution is 6.31. The predicted molar refractivity (Wildman–Crippen MR) is 80.8 cm³/mol. The molecule has 4 heteroatoms. The van der Waals surface area contributed by atoms with Gasteiger partial charge in [0, 0.05) is 36.3 Å². The van der Waals surface area contributed by atoms with Crippen LogP contribution < -0.4 is 10.2 Å².